The summed E-state index contributed by atoms with van der Waals surface area (Å²) in [5.41, 5.74) is 0. The highest BCUT2D eigenvalue weighted by atomic mass is 16.7. The van der Waals surface area contributed by atoms with Gasteiger partial charge in [0.2, 0.25) is 0 Å². The number of esters is 2. The molecule has 0 amide bonds. The van der Waals surface area contributed by atoms with Crippen LogP contribution in [0.3, 0.4) is 0 Å². The molecule has 0 aromatic rings. The summed E-state index contributed by atoms with van der Waals surface area (Å²) in [5.74, 6) is -2.39. The molecule has 67 heavy (non-hydrogen) atoms. The van der Waals surface area contributed by atoms with E-state index in [1.54, 1.807) is 0 Å². The average molecular weight is 932 g/mol. The second-order valence-corrected chi connectivity index (χ2v) is 17.7. The number of nitrogens with zero attached hydrogens (tertiary/aromatic N) is 1. The molecule has 0 aliphatic heterocycles. The number of likely N-dealkylation sites (N-methyl/N-ethyl adjacent to an activating group) is 1. The van der Waals surface area contributed by atoms with Gasteiger partial charge in [-0.05, 0) is 96.3 Å². The third-order valence-electron chi connectivity index (χ3n) is 10.2. The van der Waals surface area contributed by atoms with Gasteiger partial charge in [0.05, 0.1) is 40.3 Å². The lowest BCUT2D eigenvalue weighted by Crippen LogP contribution is -2.44. The number of carbonyl (C=O) groups is 3. The number of allylic oxidation sites excluding steroid dienone is 20. The van der Waals surface area contributed by atoms with Gasteiger partial charge in [-0.15, -0.1) is 0 Å². The van der Waals surface area contributed by atoms with Crippen molar-refractivity contribution in [3.05, 3.63) is 122 Å². The molecule has 0 aliphatic carbocycles. The smallest absolute Gasteiger partial charge is 0.306 e. The van der Waals surface area contributed by atoms with Gasteiger partial charge in [0, 0.05) is 12.8 Å². The Morgan fingerprint density at radius 1 is 0.448 bits per heavy atom. The van der Waals surface area contributed by atoms with Crippen molar-refractivity contribution >= 4 is 17.9 Å². The number of ether oxygens (including phenoxy) is 4. The maximum Gasteiger partial charge on any atom is 0.306 e. The Morgan fingerprint density at radius 3 is 1.24 bits per heavy atom. The van der Waals surface area contributed by atoms with Gasteiger partial charge in [-0.3, -0.25) is 9.59 Å². The number of unbranched alkanes of at least 4 members (excludes halogenated alkanes) is 10. The highest BCUT2D eigenvalue weighted by Crippen LogP contribution is 2.13. The Hall–Kier alpha value is -4.31. The Morgan fingerprint density at radius 2 is 0.821 bits per heavy atom. The van der Waals surface area contributed by atoms with E-state index in [2.05, 4.69) is 135 Å². The highest BCUT2D eigenvalue weighted by Gasteiger charge is 2.21. The molecule has 0 radical (unpaired) electrons. The Labute approximate surface area is 408 Å². The van der Waals surface area contributed by atoms with Crippen molar-refractivity contribution in [3.8, 4) is 0 Å². The fraction of sp³-hybridized carbons (Fsp3) is 0.603. The lowest BCUT2D eigenvalue weighted by Gasteiger charge is -2.26. The first-order valence-corrected chi connectivity index (χ1v) is 25.7. The summed E-state index contributed by atoms with van der Waals surface area (Å²) in [7, 11) is 5.88. The summed E-state index contributed by atoms with van der Waals surface area (Å²) in [6.45, 7) is 4.41. The quantitative estimate of drug-likeness (QED) is 0.0195. The minimum absolute atomic E-state index is 0.130. The first kappa shape index (κ1) is 62.7. The van der Waals surface area contributed by atoms with Gasteiger partial charge in [-0.25, -0.2) is 0 Å². The topological polar surface area (TPSA) is 111 Å². The Kier molecular flexibility index (Phi) is 45.1. The molecular formula is C58H93NO8. The number of carbonyl (C=O) groups excluding carboxylic acids is 3. The minimum atomic E-state index is -1.64. The molecule has 0 aliphatic rings. The SMILES string of the molecule is CC/C=C\C/C=C\C/C=C\C/C=C\C/C=C\CCCCCCCCCCCC(=O)OC(COC(=O)CCC/C=C\C/C=C\C/C=C\C/C=C\C/C=C\CC)COC(OCC[N+](C)(C)C)C(=O)[O-]. The van der Waals surface area contributed by atoms with Crippen LogP contribution in [0.25, 0.3) is 0 Å². The van der Waals surface area contributed by atoms with E-state index in [0.717, 1.165) is 96.3 Å². The molecule has 0 N–H and O–H groups in total. The Balaban J connectivity index is 4.43. The van der Waals surface area contributed by atoms with Crippen LogP contribution in [0.2, 0.25) is 0 Å². The van der Waals surface area contributed by atoms with Crippen molar-refractivity contribution < 1.29 is 42.9 Å². The predicted molar refractivity (Wildman–Crippen MR) is 278 cm³/mol. The molecule has 378 valence electrons. The maximum absolute atomic E-state index is 12.8. The van der Waals surface area contributed by atoms with Crippen LogP contribution in [0.15, 0.2) is 122 Å². The lowest BCUT2D eigenvalue weighted by atomic mass is 10.1. The first-order chi connectivity index (χ1) is 32.6. The normalized spacial score (nSPS) is 13.9. The molecule has 9 nitrogen and oxygen atoms in total. The molecule has 0 fully saturated rings. The fourth-order valence-corrected chi connectivity index (χ4v) is 6.30. The minimum Gasteiger partial charge on any atom is -0.545 e. The van der Waals surface area contributed by atoms with Crippen LogP contribution in [0, 0.1) is 0 Å². The molecule has 0 aromatic carbocycles. The summed E-state index contributed by atoms with van der Waals surface area (Å²) in [5, 5.41) is 11.7. The van der Waals surface area contributed by atoms with E-state index in [4.69, 9.17) is 18.9 Å². The molecule has 0 aromatic heterocycles. The van der Waals surface area contributed by atoms with Crippen LogP contribution in [-0.4, -0.2) is 82.3 Å². The van der Waals surface area contributed by atoms with Crippen molar-refractivity contribution in [2.45, 2.75) is 180 Å². The van der Waals surface area contributed by atoms with E-state index in [1.807, 2.05) is 21.1 Å². The van der Waals surface area contributed by atoms with Crippen LogP contribution in [0.1, 0.15) is 168 Å². The van der Waals surface area contributed by atoms with E-state index in [-0.39, 0.29) is 32.7 Å². The van der Waals surface area contributed by atoms with Gasteiger partial charge in [-0.1, -0.05) is 180 Å². The number of quaternary nitrogens is 1. The van der Waals surface area contributed by atoms with Gasteiger partial charge in [0.25, 0.3) is 0 Å². The van der Waals surface area contributed by atoms with Crippen molar-refractivity contribution in [1.29, 1.82) is 0 Å². The van der Waals surface area contributed by atoms with Crippen LogP contribution < -0.4 is 5.11 Å². The van der Waals surface area contributed by atoms with E-state index in [0.29, 0.717) is 23.9 Å². The largest absolute Gasteiger partial charge is 0.545 e. The third-order valence-corrected chi connectivity index (χ3v) is 10.2. The molecule has 0 bridgehead atoms. The zero-order chi connectivity index (χ0) is 49.2. The zero-order valence-electron chi connectivity index (χ0n) is 42.7. The standard InChI is InChI=1S/C58H93NO8/c1-6-8-10-12-14-16-18-20-22-24-25-26-27-28-29-30-31-33-35-37-39-41-43-45-47-49-56(61)67-54(53-66-58(57(62)63)64-51-50-59(3,4)5)52-65-55(60)48-46-44-42-40-38-36-34-32-23-21-19-17-15-13-11-9-7-2/h8-11,14-17,20-23,25-26,28-29,34,36,40,42,54,58H,6-7,12-13,18-19,24,27,30-33,35,37-39,41,43-53H2,1-5H3/b10-8-,11-9-,16-14-,17-15-,22-20-,23-21-,26-25-,29-28-,36-34-,42-40-. The zero-order valence-corrected chi connectivity index (χ0v) is 42.7. The second-order valence-electron chi connectivity index (χ2n) is 17.7. The van der Waals surface area contributed by atoms with E-state index in [9.17, 15) is 19.5 Å². The van der Waals surface area contributed by atoms with Crippen molar-refractivity contribution in [3.63, 3.8) is 0 Å². The molecule has 0 saturated carbocycles. The number of hydrogen-bond donors (Lipinski definition) is 0. The van der Waals surface area contributed by atoms with Crippen molar-refractivity contribution in [1.82, 2.24) is 0 Å². The molecular weight excluding hydrogens is 839 g/mol. The van der Waals surface area contributed by atoms with Crippen molar-refractivity contribution in [2.75, 3.05) is 47.5 Å². The average Bonchev–Trinajstić information content (AvgIpc) is 3.29. The van der Waals surface area contributed by atoms with Crippen molar-refractivity contribution in [2.24, 2.45) is 0 Å². The molecule has 2 atom stereocenters. The number of aliphatic carboxylic acids is 1. The van der Waals surface area contributed by atoms with Crippen LogP contribution in [0.5, 0.6) is 0 Å². The van der Waals surface area contributed by atoms with Gasteiger partial charge in [-0.2, -0.15) is 0 Å². The van der Waals surface area contributed by atoms with Gasteiger partial charge in [0.15, 0.2) is 12.4 Å². The molecule has 0 heterocycles. The van der Waals surface area contributed by atoms with Gasteiger partial charge >= 0.3 is 11.9 Å². The molecule has 0 rings (SSSR count). The summed E-state index contributed by atoms with van der Waals surface area (Å²) in [4.78, 5) is 37.1. The molecule has 2 unspecified atom stereocenters. The predicted octanol–water partition coefficient (Wildman–Crippen LogP) is 13.2. The summed E-state index contributed by atoms with van der Waals surface area (Å²) in [6, 6.07) is 0. The van der Waals surface area contributed by atoms with E-state index < -0.39 is 30.3 Å². The van der Waals surface area contributed by atoms with Gasteiger partial charge < -0.3 is 33.3 Å². The molecule has 9 heteroatoms. The summed E-state index contributed by atoms with van der Waals surface area (Å²) >= 11 is 0. The van der Waals surface area contributed by atoms with E-state index in [1.165, 1.54) is 32.1 Å². The monoisotopic (exact) mass is 932 g/mol. The number of rotatable bonds is 45. The lowest BCUT2D eigenvalue weighted by molar-refractivity contribution is -0.870. The number of hydrogen-bond acceptors (Lipinski definition) is 8. The maximum atomic E-state index is 12.8. The highest BCUT2D eigenvalue weighted by molar-refractivity contribution is 5.70. The van der Waals surface area contributed by atoms with Crippen LogP contribution >= 0.6 is 0 Å². The van der Waals surface area contributed by atoms with Crippen LogP contribution in [0.4, 0.5) is 0 Å². The summed E-state index contributed by atoms with van der Waals surface area (Å²) < 4.78 is 22.5. The fourth-order valence-electron chi connectivity index (χ4n) is 6.30. The van der Waals surface area contributed by atoms with E-state index >= 15 is 0 Å². The second kappa shape index (κ2) is 48.2. The molecule has 0 spiro atoms. The summed E-state index contributed by atoms with van der Waals surface area (Å²) in [6.07, 6.45) is 63.8. The number of carboxylic acid groups (broad SMARTS) is 1. The number of carboxylic acids is 1. The van der Waals surface area contributed by atoms with Gasteiger partial charge in [0.1, 0.15) is 13.2 Å². The third kappa shape index (κ3) is 49.4. The Bertz CT molecular complexity index is 1510. The first-order valence-electron chi connectivity index (χ1n) is 25.7. The molecule has 0 saturated heterocycles. The van der Waals surface area contributed by atoms with Crippen LogP contribution in [-0.2, 0) is 33.3 Å².